The number of hydrogen-bond acceptors (Lipinski definition) is 2. The maximum absolute atomic E-state index is 10.6. The Morgan fingerprint density at radius 3 is 2.50 bits per heavy atom. The molecule has 2 nitrogen and oxygen atoms in total. The molecule has 1 aliphatic rings. The highest BCUT2D eigenvalue weighted by atomic mass is 16.1. The van der Waals surface area contributed by atoms with Crippen molar-refractivity contribution >= 4 is 6.29 Å². The molecule has 86 valence electrons. The molecule has 0 unspecified atom stereocenters. The molecule has 0 N–H and O–H groups in total. The van der Waals surface area contributed by atoms with Crippen LogP contribution in [0.4, 0.5) is 0 Å². The summed E-state index contributed by atoms with van der Waals surface area (Å²) in [6.45, 7) is 3.28. The smallest absolute Gasteiger partial charge is 0.123 e. The molecule has 0 bridgehead atoms. The quantitative estimate of drug-likeness (QED) is 0.720. The molecular weight excluding hydrogens is 198 g/mol. The lowest BCUT2D eigenvalue weighted by Crippen LogP contribution is -2.35. The van der Waals surface area contributed by atoms with Crippen molar-refractivity contribution in [3.05, 3.63) is 35.9 Å². The maximum atomic E-state index is 10.6. The van der Waals surface area contributed by atoms with Crippen LogP contribution < -0.4 is 0 Å². The zero-order valence-corrected chi connectivity index (χ0v) is 9.64. The second-order valence-electron chi connectivity index (χ2n) is 4.55. The van der Waals surface area contributed by atoms with Gasteiger partial charge in [-0.2, -0.15) is 0 Å². The van der Waals surface area contributed by atoms with Gasteiger partial charge in [0.1, 0.15) is 6.29 Å². The Hall–Kier alpha value is -1.15. The summed E-state index contributed by atoms with van der Waals surface area (Å²) in [7, 11) is 0. The molecule has 0 spiro atoms. The van der Waals surface area contributed by atoms with Crippen molar-refractivity contribution in [2.45, 2.75) is 19.3 Å². The van der Waals surface area contributed by atoms with E-state index in [1.54, 1.807) is 0 Å². The standard InChI is InChI=1S/C14H19NO/c16-12-14-7-10-15(11-8-14)9-6-13-4-2-1-3-5-13/h1-5,12,14H,6-11H2. The number of likely N-dealkylation sites (tertiary alicyclic amines) is 1. The molecule has 2 heteroatoms. The zero-order chi connectivity index (χ0) is 11.2. The molecule has 1 aromatic rings. The van der Waals surface area contributed by atoms with E-state index in [0.717, 1.165) is 45.2 Å². The predicted octanol–water partition coefficient (Wildman–Crippen LogP) is 2.14. The Morgan fingerprint density at radius 1 is 1.19 bits per heavy atom. The molecule has 1 saturated heterocycles. The number of aldehydes is 1. The van der Waals surface area contributed by atoms with E-state index in [1.807, 2.05) is 0 Å². The molecule has 0 aromatic heterocycles. The van der Waals surface area contributed by atoms with Gasteiger partial charge in [-0.25, -0.2) is 0 Å². The van der Waals surface area contributed by atoms with Crippen molar-refractivity contribution < 1.29 is 4.79 Å². The van der Waals surface area contributed by atoms with Gasteiger partial charge in [0.2, 0.25) is 0 Å². The number of piperidine rings is 1. The van der Waals surface area contributed by atoms with Crippen LogP contribution in [0.5, 0.6) is 0 Å². The minimum Gasteiger partial charge on any atom is -0.303 e. The number of nitrogens with zero attached hydrogens (tertiary/aromatic N) is 1. The van der Waals surface area contributed by atoms with Crippen LogP contribution in [-0.4, -0.2) is 30.8 Å². The Labute approximate surface area is 97.3 Å². The molecule has 0 atom stereocenters. The number of rotatable bonds is 4. The van der Waals surface area contributed by atoms with Crippen LogP contribution >= 0.6 is 0 Å². The van der Waals surface area contributed by atoms with E-state index in [-0.39, 0.29) is 0 Å². The van der Waals surface area contributed by atoms with E-state index < -0.39 is 0 Å². The summed E-state index contributed by atoms with van der Waals surface area (Å²) < 4.78 is 0. The molecular formula is C14H19NO. The van der Waals surface area contributed by atoms with Gasteiger partial charge < -0.3 is 9.69 Å². The first-order valence-electron chi connectivity index (χ1n) is 6.10. The van der Waals surface area contributed by atoms with Crippen LogP contribution in [0.15, 0.2) is 30.3 Å². The van der Waals surface area contributed by atoms with E-state index in [1.165, 1.54) is 5.56 Å². The summed E-state index contributed by atoms with van der Waals surface area (Å²) in [5.74, 6) is 0.313. The third-order valence-electron chi connectivity index (χ3n) is 3.38. The highest BCUT2D eigenvalue weighted by Crippen LogP contribution is 2.15. The van der Waals surface area contributed by atoms with E-state index in [2.05, 4.69) is 35.2 Å². The average Bonchev–Trinajstić information content (AvgIpc) is 2.38. The lowest BCUT2D eigenvalue weighted by Gasteiger charge is -2.29. The summed E-state index contributed by atoms with van der Waals surface area (Å²) in [4.78, 5) is 13.1. The van der Waals surface area contributed by atoms with Gasteiger partial charge in [-0.15, -0.1) is 0 Å². The monoisotopic (exact) mass is 217 g/mol. The predicted molar refractivity (Wildman–Crippen MR) is 65.4 cm³/mol. The van der Waals surface area contributed by atoms with Crippen LogP contribution in [0, 0.1) is 5.92 Å². The first-order chi connectivity index (χ1) is 7.88. The first-order valence-corrected chi connectivity index (χ1v) is 6.10. The molecule has 0 amide bonds. The van der Waals surface area contributed by atoms with Gasteiger partial charge in [0, 0.05) is 12.5 Å². The Balaban J connectivity index is 1.73. The minimum absolute atomic E-state index is 0.313. The SMILES string of the molecule is O=CC1CCN(CCc2ccccc2)CC1. The van der Waals surface area contributed by atoms with Crippen molar-refractivity contribution in [3.63, 3.8) is 0 Å². The number of hydrogen-bond donors (Lipinski definition) is 0. The molecule has 1 aliphatic heterocycles. The number of carbonyl (C=O) groups is 1. The molecule has 0 saturated carbocycles. The number of benzene rings is 1. The highest BCUT2D eigenvalue weighted by molar-refractivity contribution is 5.53. The van der Waals surface area contributed by atoms with Crippen LogP contribution in [0.1, 0.15) is 18.4 Å². The molecule has 0 radical (unpaired) electrons. The summed E-state index contributed by atoms with van der Waals surface area (Å²) in [6.07, 6.45) is 4.32. The molecule has 1 fully saturated rings. The Bertz CT molecular complexity index is 315. The van der Waals surface area contributed by atoms with E-state index in [9.17, 15) is 4.79 Å². The van der Waals surface area contributed by atoms with Gasteiger partial charge in [0.05, 0.1) is 0 Å². The third kappa shape index (κ3) is 3.17. The summed E-state index contributed by atoms with van der Waals surface area (Å²) in [5, 5.41) is 0. The Kier molecular flexibility index (Phi) is 4.11. The lowest BCUT2D eigenvalue weighted by atomic mass is 9.98. The van der Waals surface area contributed by atoms with Gasteiger partial charge in [0.15, 0.2) is 0 Å². The molecule has 1 aromatic carbocycles. The minimum atomic E-state index is 0.313. The van der Waals surface area contributed by atoms with Gasteiger partial charge >= 0.3 is 0 Å². The number of carbonyl (C=O) groups excluding carboxylic acids is 1. The lowest BCUT2D eigenvalue weighted by molar-refractivity contribution is -0.112. The fourth-order valence-electron chi connectivity index (χ4n) is 2.24. The van der Waals surface area contributed by atoms with Crippen LogP contribution in [0.2, 0.25) is 0 Å². The van der Waals surface area contributed by atoms with Gasteiger partial charge in [-0.1, -0.05) is 30.3 Å². The largest absolute Gasteiger partial charge is 0.303 e. The fourth-order valence-corrected chi connectivity index (χ4v) is 2.24. The van der Waals surface area contributed by atoms with Crippen LogP contribution in [0.3, 0.4) is 0 Å². The van der Waals surface area contributed by atoms with E-state index in [4.69, 9.17) is 0 Å². The molecule has 16 heavy (non-hydrogen) atoms. The van der Waals surface area contributed by atoms with E-state index in [0.29, 0.717) is 5.92 Å². The van der Waals surface area contributed by atoms with Crippen LogP contribution in [0.25, 0.3) is 0 Å². The normalized spacial score (nSPS) is 18.5. The van der Waals surface area contributed by atoms with Crippen molar-refractivity contribution in [1.82, 2.24) is 4.90 Å². The van der Waals surface area contributed by atoms with Gasteiger partial charge in [0.25, 0.3) is 0 Å². The summed E-state index contributed by atoms with van der Waals surface area (Å²) in [6, 6.07) is 10.6. The second-order valence-corrected chi connectivity index (χ2v) is 4.55. The topological polar surface area (TPSA) is 20.3 Å². The molecule has 2 rings (SSSR count). The molecule has 0 aliphatic carbocycles. The maximum Gasteiger partial charge on any atom is 0.123 e. The average molecular weight is 217 g/mol. The highest BCUT2D eigenvalue weighted by Gasteiger charge is 2.17. The van der Waals surface area contributed by atoms with Gasteiger partial charge in [-0.3, -0.25) is 0 Å². The van der Waals surface area contributed by atoms with Gasteiger partial charge in [-0.05, 0) is 37.9 Å². The summed E-state index contributed by atoms with van der Waals surface area (Å²) in [5.41, 5.74) is 1.40. The Morgan fingerprint density at radius 2 is 1.88 bits per heavy atom. The van der Waals surface area contributed by atoms with E-state index >= 15 is 0 Å². The van der Waals surface area contributed by atoms with Crippen molar-refractivity contribution in [1.29, 1.82) is 0 Å². The van der Waals surface area contributed by atoms with Crippen molar-refractivity contribution in [3.8, 4) is 0 Å². The molecule has 1 heterocycles. The van der Waals surface area contributed by atoms with Crippen molar-refractivity contribution in [2.75, 3.05) is 19.6 Å². The van der Waals surface area contributed by atoms with Crippen molar-refractivity contribution in [2.24, 2.45) is 5.92 Å². The zero-order valence-electron chi connectivity index (χ0n) is 9.64. The second kappa shape index (κ2) is 5.80. The third-order valence-corrected chi connectivity index (χ3v) is 3.38. The fraction of sp³-hybridized carbons (Fsp3) is 0.500. The summed E-state index contributed by atoms with van der Waals surface area (Å²) >= 11 is 0. The van der Waals surface area contributed by atoms with Crippen LogP contribution in [-0.2, 0) is 11.2 Å². The first kappa shape index (κ1) is 11.3.